The number of hydrogen-bond donors (Lipinski definition) is 1. The number of carbonyl (C=O) groups is 2. The molecule has 0 fully saturated rings. The number of rotatable bonds is 5. The molecule has 154 valence electrons. The van der Waals surface area contributed by atoms with Crippen molar-refractivity contribution in [2.24, 2.45) is 11.8 Å². The normalized spacial score (nSPS) is 21.1. The van der Waals surface area contributed by atoms with Gasteiger partial charge in [-0.3, -0.25) is 4.79 Å². The fourth-order valence-electron chi connectivity index (χ4n) is 3.14. The van der Waals surface area contributed by atoms with E-state index < -0.39 is 23.5 Å². The summed E-state index contributed by atoms with van der Waals surface area (Å²) in [5.74, 6) is -2.53. The highest BCUT2D eigenvalue weighted by atomic mass is 19.4. The number of allylic oxidation sites excluding steroid dienone is 6. The molecule has 2 unspecified atom stereocenters. The Labute approximate surface area is 165 Å². The molecule has 1 aliphatic carbocycles. The number of ketones is 1. The highest BCUT2D eigenvalue weighted by Crippen LogP contribution is 2.33. The lowest BCUT2D eigenvalue weighted by molar-refractivity contribution is -0.137. The van der Waals surface area contributed by atoms with Crippen molar-refractivity contribution in [3.8, 4) is 0 Å². The zero-order valence-corrected chi connectivity index (χ0v) is 15.8. The molecule has 0 saturated carbocycles. The number of carboxylic acid groups (broad SMARTS) is 1. The maximum Gasteiger partial charge on any atom is 0.416 e. The van der Waals surface area contributed by atoms with E-state index in [9.17, 15) is 27.2 Å². The van der Waals surface area contributed by atoms with Crippen molar-refractivity contribution >= 4 is 17.8 Å². The first-order valence-electron chi connectivity index (χ1n) is 8.85. The van der Waals surface area contributed by atoms with Crippen LogP contribution in [0.5, 0.6) is 0 Å². The Morgan fingerprint density at radius 3 is 2.52 bits per heavy atom. The van der Waals surface area contributed by atoms with E-state index in [0.29, 0.717) is 23.6 Å². The van der Waals surface area contributed by atoms with E-state index >= 15 is 0 Å². The van der Waals surface area contributed by atoms with Crippen LogP contribution in [0.25, 0.3) is 6.08 Å². The third kappa shape index (κ3) is 6.55. The maximum atomic E-state index is 13.6. The van der Waals surface area contributed by atoms with Gasteiger partial charge in [-0.2, -0.15) is 13.2 Å². The Morgan fingerprint density at radius 2 is 1.90 bits per heavy atom. The molecule has 1 N–H and O–H groups in total. The van der Waals surface area contributed by atoms with E-state index in [-0.39, 0.29) is 23.2 Å². The van der Waals surface area contributed by atoms with Crippen LogP contribution in [0.4, 0.5) is 17.6 Å². The second kappa shape index (κ2) is 9.03. The van der Waals surface area contributed by atoms with Crippen LogP contribution in [0.15, 0.2) is 59.7 Å². The summed E-state index contributed by atoms with van der Waals surface area (Å²) in [6.07, 6.45) is 4.28. The van der Waals surface area contributed by atoms with E-state index in [1.807, 2.05) is 6.92 Å². The minimum Gasteiger partial charge on any atom is -0.478 e. The highest BCUT2D eigenvalue weighted by molar-refractivity contribution is 5.92. The summed E-state index contributed by atoms with van der Waals surface area (Å²) in [7, 11) is 0. The molecular weight excluding hydrogens is 388 g/mol. The molecule has 1 aromatic rings. The third-order valence-corrected chi connectivity index (χ3v) is 4.48. The zero-order chi connectivity index (χ0) is 21.8. The summed E-state index contributed by atoms with van der Waals surface area (Å²) < 4.78 is 52.2. The molecule has 1 aromatic carbocycles. The second-order valence-corrected chi connectivity index (χ2v) is 7.01. The number of aliphatic carboxylic acids is 1. The van der Waals surface area contributed by atoms with Crippen LogP contribution in [0.3, 0.4) is 0 Å². The average Bonchev–Trinajstić information content (AvgIpc) is 2.57. The van der Waals surface area contributed by atoms with Gasteiger partial charge in [-0.05, 0) is 53.8 Å². The molecule has 0 aromatic heterocycles. The molecule has 7 heteroatoms. The summed E-state index contributed by atoms with van der Waals surface area (Å²) in [6.45, 7) is 3.47. The van der Waals surface area contributed by atoms with E-state index in [4.69, 9.17) is 5.11 Å². The molecule has 3 nitrogen and oxygen atoms in total. The van der Waals surface area contributed by atoms with Crippen LogP contribution >= 0.6 is 0 Å². The molecule has 0 aliphatic heterocycles. The highest BCUT2D eigenvalue weighted by Gasteiger charge is 2.31. The van der Waals surface area contributed by atoms with Gasteiger partial charge in [0.25, 0.3) is 0 Å². The van der Waals surface area contributed by atoms with Gasteiger partial charge in [0.15, 0.2) is 5.78 Å². The van der Waals surface area contributed by atoms with Crippen LogP contribution < -0.4 is 0 Å². The van der Waals surface area contributed by atoms with Crippen molar-refractivity contribution in [2.45, 2.75) is 26.4 Å². The Kier molecular flexibility index (Phi) is 6.95. The standard InChI is InChI=1S/C22H20F4O3/c1-13(7-21(28)29)3-6-20-14(2)8-19(27)11-16(20)5-4-15-9-17(22(24,25)26)12-18(23)10-15/h3-7,9-12,14,20H,8H2,1-2H3,(H,28,29)/b5-4+,6-3+,13-7-. The van der Waals surface area contributed by atoms with Crippen LogP contribution in [0.1, 0.15) is 31.4 Å². The van der Waals surface area contributed by atoms with Crippen molar-refractivity contribution < 1.29 is 32.3 Å². The van der Waals surface area contributed by atoms with Crippen molar-refractivity contribution in [3.63, 3.8) is 0 Å². The molecule has 0 radical (unpaired) electrons. The fourth-order valence-corrected chi connectivity index (χ4v) is 3.14. The van der Waals surface area contributed by atoms with Crippen molar-refractivity contribution in [1.82, 2.24) is 0 Å². The predicted molar refractivity (Wildman–Crippen MR) is 101 cm³/mol. The van der Waals surface area contributed by atoms with E-state index in [0.717, 1.165) is 18.2 Å². The van der Waals surface area contributed by atoms with Crippen LogP contribution in [0, 0.1) is 17.7 Å². The number of benzene rings is 1. The van der Waals surface area contributed by atoms with E-state index in [2.05, 4.69) is 0 Å². The smallest absolute Gasteiger partial charge is 0.416 e. The first-order chi connectivity index (χ1) is 13.5. The minimum atomic E-state index is -4.67. The lowest BCUT2D eigenvalue weighted by Gasteiger charge is -2.25. The van der Waals surface area contributed by atoms with Crippen LogP contribution in [-0.4, -0.2) is 16.9 Å². The molecular formula is C22H20F4O3. The monoisotopic (exact) mass is 408 g/mol. The predicted octanol–water partition coefficient (Wildman–Crippen LogP) is 5.60. The lowest BCUT2D eigenvalue weighted by Crippen LogP contribution is -2.20. The van der Waals surface area contributed by atoms with E-state index in [1.165, 1.54) is 18.2 Å². The maximum absolute atomic E-state index is 13.6. The summed E-state index contributed by atoms with van der Waals surface area (Å²) in [6, 6.07) is 2.23. The van der Waals surface area contributed by atoms with Gasteiger partial charge >= 0.3 is 12.1 Å². The number of carbonyl (C=O) groups excluding carboxylic acids is 1. The van der Waals surface area contributed by atoms with Crippen LogP contribution in [-0.2, 0) is 15.8 Å². The largest absolute Gasteiger partial charge is 0.478 e. The summed E-state index contributed by atoms with van der Waals surface area (Å²) >= 11 is 0. The first-order valence-corrected chi connectivity index (χ1v) is 8.85. The first kappa shape index (κ1) is 22.3. The summed E-state index contributed by atoms with van der Waals surface area (Å²) in [4.78, 5) is 22.7. The van der Waals surface area contributed by atoms with Gasteiger partial charge < -0.3 is 5.11 Å². The Bertz CT molecular complexity index is 920. The summed E-state index contributed by atoms with van der Waals surface area (Å²) in [5, 5.41) is 8.78. The fraction of sp³-hybridized carbons (Fsp3) is 0.273. The molecule has 29 heavy (non-hydrogen) atoms. The summed E-state index contributed by atoms with van der Waals surface area (Å²) in [5.41, 5.74) is -0.00509. The van der Waals surface area contributed by atoms with Gasteiger partial charge in [-0.1, -0.05) is 31.2 Å². The second-order valence-electron chi connectivity index (χ2n) is 7.01. The van der Waals surface area contributed by atoms with Gasteiger partial charge in [0.2, 0.25) is 0 Å². The molecule has 1 aliphatic rings. The van der Waals surface area contributed by atoms with Gasteiger partial charge in [0.05, 0.1) is 5.56 Å². The van der Waals surface area contributed by atoms with Gasteiger partial charge in [0, 0.05) is 18.4 Å². The molecule has 0 heterocycles. The van der Waals surface area contributed by atoms with Crippen molar-refractivity contribution in [1.29, 1.82) is 0 Å². The quantitative estimate of drug-likeness (QED) is 0.392. The zero-order valence-electron chi connectivity index (χ0n) is 15.8. The van der Waals surface area contributed by atoms with Crippen molar-refractivity contribution in [3.05, 3.63) is 76.7 Å². The van der Waals surface area contributed by atoms with Gasteiger partial charge in [0.1, 0.15) is 5.82 Å². The van der Waals surface area contributed by atoms with E-state index in [1.54, 1.807) is 19.1 Å². The number of carboxylic acids is 1. The molecule has 0 amide bonds. The molecule has 0 bridgehead atoms. The average molecular weight is 408 g/mol. The van der Waals surface area contributed by atoms with Gasteiger partial charge in [-0.25, -0.2) is 9.18 Å². The Balaban J connectivity index is 2.35. The molecule has 2 rings (SSSR count). The number of halogens is 4. The molecule has 2 atom stereocenters. The van der Waals surface area contributed by atoms with Crippen LogP contribution in [0.2, 0.25) is 0 Å². The number of hydrogen-bond acceptors (Lipinski definition) is 2. The molecule has 0 saturated heterocycles. The molecule has 0 spiro atoms. The Hall–Kier alpha value is -2.96. The third-order valence-electron chi connectivity index (χ3n) is 4.48. The number of alkyl halides is 3. The topological polar surface area (TPSA) is 54.4 Å². The van der Waals surface area contributed by atoms with Gasteiger partial charge in [-0.15, -0.1) is 0 Å². The minimum absolute atomic E-state index is 0.0218. The lowest BCUT2D eigenvalue weighted by atomic mass is 9.78. The SMILES string of the molecule is CC(=C/C(=O)O)/C=C/C1C(/C=C/c2cc(F)cc(C(F)(F)F)c2)=CC(=O)CC1C. The van der Waals surface area contributed by atoms with Crippen molar-refractivity contribution in [2.75, 3.05) is 0 Å². The Morgan fingerprint density at radius 1 is 1.21 bits per heavy atom.